The van der Waals surface area contributed by atoms with Gasteiger partial charge in [0, 0.05) is 12.3 Å². The van der Waals surface area contributed by atoms with Crippen LogP contribution in [0.1, 0.15) is 11.1 Å². The molecule has 0 radical (unpaired) electrons. The lowest BCUT2D eigenvalue weighted by Gasteiger charge is -2.03. The molecule has 0 fully saturated rings. The molecule has 0 aliphatic rings. The number of benzene rings is 2. The van der Waals surface area contributed by atoms with Crippen molar-refractivity contribution in [2.45, 2.75) is 0 Å². The molecule has 3 N–H and O–H groups in total. The molecule has 5 nitrogen and oxygen atoms in total. The molecule has 2 aromatic carbocycles. The van der Waals surface area contributed by atoms with Gasteiger partial charge in [-0.05, 0) is 47.5 Å². The number of nitrogens with one attached hydrogen (secondary N) is 1. The Morgan fingerprint density at radius 2 is 1.74 bits per heavy atom. The van der Waals surface area contributed by atoms with Crippen LogP contribution in [0.4, 0.5) is 0 Å². The maximum absolute atomic E-state index is 11.7. The number of hydrogen-bond acceptors (Lipinski definition) is 4. The molecular formula is C18H17NO4. The van der Waals surface area contributed by atoms with Gasteiger partial charge in [-0.2, -0.15) is 0 Å². The van der Waals surface area contributed by atoms with E-state index in [1.807, 2.05) is 0 Å². The Kier molecular flexibility index (Phi) is 5.41. The minimum absolute atomic E-state index is 0.0472. The number of phenolic OH excluding ortho intramolecular Hbond substituents is 2. The number of phenols is 2. The van der Waals surface area contributed by atoms with Gasteiger partial charge in [-0.1, -0.05) is 18.2 Å². The number of carbonyl (C=O) groups is 1. The van der Waals surface area contributed by atoms with Gasteiger partial charge in [0.25, 0.3) is 0 Å². The normalized spacial score (nSPS) is 11.0. The molecule has 0 aromatic heterocycles. The van der Waals surface area contributed by atoms with Crippen LogP contribution in [0.25, 0.3) is 12.2 Å². The second kappa shape index (κ2) is 7.70. The van der Waals surface area contributed by atoms with E-state index >= 15 is 0 Å². The molecule has 0 bridgehead atoms. The summed E-state index contributed by atoms with van der Waals surface area (Å²) in [5.41, 5.74) is 1.59. The zero-order chi connectivity index (χ0) is 16.7. The minimum atomic E-state index is -0.285. The lowest BCUT2D eigenvalue weighted by molar-refractivity contribution is -0.115. The van der Waals surface area contributed by atoms with Crippen molar-refractivity contribution in [2.24, 2.45) is 0 Å². The minimum Gasteiger partial charge on any atom is -0.508 e. The summed E-state index contributed by atoms with van der Waals surface area (Å²) < 4.78 is 5.00. The lowest BCUT2D eigenvalue weighted by atomic mass is 10.2. The summed E-state index contributed by atoms with van der Waals surface area (Å²) in [6.07, 6.45) is 6.24. The summed E-state index contributed by atoms with van der Waals surface area (Å²) >= 11 is 0. The van der Waals surface area contributed by atoms with Crippen molar-refractivity contribution in [3.63, 3.8) is 0 Å². The largest absolute Gasteiger partial charge is 0.508 e. The molecule has 0 aliphatic carbocycles. The lowest BCUT2D eigenvalue weighted by Crippen LogP contribution is -2.13. The highest BCUT2D eigenvalue weighted by molar-refractivity contribution is 5.92. The van der Waals surface area contributed by atoms with Gasteiger partial charge in [-0.3, -0.25) is 4.79 Å². The smallest absolute Gasteiger partial charge is 0.247 e. The number of methoxy groups -OCH3 is 1. The van der Waals surface area contributed by atoms with Crippen molar-refractivity contribution >= 4 is 18.1 Å². The first kappa shape index (κ1) is 16.2. The van der Waals surface area contributed by atoms with Crippen LogP contribution in [-0.2, 0) is 4.79 Å². The Morgan fingerprint density at radius 1 is 1.04 bits per heavy atom. The molecule has 0 saturated heterocycles. The molecular weight excluding hydrogens is 294 g/mol. The van der Waals surface area contributed by atoms with Crippen LogP contribution in [0.5, 0.6) is 17.2 Å². The van der Waals surface area contributed by atoms with Crippen molar-refractivity contribution in [3.8, 4) is 17.2 Å². The van der Waals surface area contributed by atoms with Crippen LogP contribution in [0.3, 0.4) is 0 Å². The molecule has 23 heavy (non-hydrogen) atoms. The van der Waals surface area contributed by atoms with Crippen molar-refractivity contribution < 1.29 is 19.7 Å². The van der Waals surface area contributed by atoms with Crippen LogP contribution < -0.4 is 10.1 Å². The highest BCUT2D eigenvalue weighted by Crippen LogP contribution is 2.26. The maximum atomic E-state index is 11.7. The number of amides is 1. The van der Waals surface area contributed by atoms with E-state index in [1.165, 1.54) is 25.5 Å². The first-order valence-electron chi connectivity index (χ1n) is 6.89. The SMILES string of the molecule is COc1cc(C=CC(=O)NC=Cc2ccc(O)cc2)ccc1O. The average Bonchev–Trinajstić information content (AvgIpc) is 2.56. The standard InChI is InChI=1S/C18H17NO4/c1-23-17-12-14(4-8-16(17)21)5-9-18(22)19-11-10-13-2-6-15(20)7-3-13/h2-12,20-21H,1H3,(H,19,22). The third-order valence-corrected chi connectivity index (χ3v) is 3.03. The van der Waals surface area contributed by atoms with Gasteiger partial charge in [0.15, 0.2) is 11.5 Å². The summed E-state index contributed by atoms with van der Waals surface area (Å²) in [6.45, 7) is 0. The molecule has 0 saturated carbocycles. The van der Waals surface area contributed by atoms with E-state index in [2.05, 4.69) is 5.32 Å². The van der Waals surface area contributed by atoms with E-state index in [0.29, 0.717) is 5.75 Å². The predicted octanol–water partition coefficient (Wildman–Crippen LogP) is 2.91. The Labute approximate surface area is 134 Å². The van der Waals surface area contributed by atoms with Crippen molar-refractivity contribution in [1.82, 2.24) is 5.32 Å². The Bertz CT molecular complexity index is 733. The number of aromatic hydroxyl groups is 2. The monoisotopic (exact) mass is 311 g/mol. The van der Waals surface area contributed by atoms with Gasteiger partial charge in [0.1, 0.15) is 5.75 Å². The quantitative estimate of drug-likeness (QED) is 0.742. The number of ether oxygens (including phenoxy) is 1. The van der Waals surface area contributed by atoms with E-state index in [9.17, 15) is 15.0 Å². The van der Waals surface area contributed by atoms with Crippen LogP contribution in [0, 0.1) is 0 Å². The number of rotatable bonds is 5. The Balaban J connectivity index is 1.92. The van der Waals surface area contributed by atoms with Gasteiger partial charge in [-0.25, -0.2) is 0 Å². The van der Waals surface area contributed by atoms with Crippen molar-refractivity contribution in [1.29, 1.82) is 0 Å². The maximum Gasteiger partial charge on any atom is 0.247 e. The highest BCUT2D eigenvalue weighted by atomic mass is 16.5. The van der Waals surface area contributed by atoms with Crippen LogP contribution >= 0.6 is 0 Å². The molecule has 5 heteroatoms. The van der Waals surface area contributed by atoms with Gasteiger partial charge in [0.05, 0.1) is 7.11 Å². The Hall–Kier alpha value is -3.21. The molecule has 0 atom stereocenters. The van der Waals surface area contributed by atoms with E-state index in [1.54, 1.807) is 48.6 Å². The molecule has 1 amide bonds. The van der Waals surface area contributed by atoms with Crippen LogP contribution in [0.2, 0.25) is 0 Å². The molecule has 2 rings (SSSR count). The molecule has 2 aromatic rings. The van der Waals surface area contributed by atoms with Gasteiger partial charge in [-0.15, -0.1) is 0 Å². The summed E-state index contributed by atoms with van der Waals surface area (Å²) in [6, 6.07) is 11.4. The summed E-state index contributed by atoms with van der Waals surface area (Å²) in [5.74, 6) is 0.302. The fourth-order valence-electron chi connectivity index (χ4n) is 1.82. The third-order valence-electron chi connectivity index (χ3n) is 3.03. The summed E-state index contributed by atoms with van der Waals surface area (Å²) in [5, 5.41) is 21.3. The fraction of sp³-hybridized carbons (Fsp3) is 0.0556. The van der Waals surface area contributed by atoms with Gasteiger partial charge >= 0.3 is 0 Å². The molecule has 118 valence electrons. The van der Waals surface area contributed by atoms with E-state index in [0.717, 1.165) is 11.1 Å². The average molecular weight is 311 g/mol. The first-order valence-corrected chi connectivity index (χ1v) is 6.89. The van der Waals surface area contributed by atoms with E-state index < -0.39 is 0 Å². The zero-order valence-electron chi connectivity index (χ0n) is 12.6. The third kappa shape index (κ3) is 4.93. The summed E-state index contributed by atoms with van der Waals surface area (Å²) in [4.78, 5) is 11.7. The van der Waals surface area contributed by atoms with Gasteiger partial charge in [0.2, 0.25) is 5.91 Å². The predicted molar refractivity (Wildman–Crippen MR) is 89.0 cm³/mol. The summed E-state index contributed by atoms with van der Waals surface area (Å²) in [7, 11) is 1.46. The fourth-order valence-corrected chi connectivity index (χ4v) is 1.82. The van der Waals surface area contributed by atoms with Crippen molar-refractivity contribution in [2.75, 3.05) is 7.11 Å². The number of hydrogen-bond donors (Lipinski definition) is 3. The second-order valence-corrected chi connectivity index (χ2v) is 4.70. The first-order chi connectivity index (χ1) is 11.1. The van der Waals surface area contributed by atoms with E-state index in [-0.39, 0.29) is 17.4 Å². The number of carbonyl (C=O) groups excluding carboxylic acids is 1. The van der Waals surface area contributed by atoms with E-state index in [4.69, 9.17) is 4.74 Å². The molecule has 0 unspecified atom stereocenters. The zero-order valence-corrected chi connectivity index (χ0v) is 12.6. The molecule has 0 aliphatic heterocycles. The molecule has 0 spiro atoms. The second-order valence-electron chi connectivity index (χ2n) is 4.70. The molecule has 0 heterocycles. The van der Waals surface area contributed by atoms with Gasteiger partial charge < -0.3 is 20.3 Å². The highest BCUT2D eigenvalue weighted by Gasteiger charge is 2.00. The van der Waals surface area contributed by atoms with Crippen molar-refractivity contribution in [3.05, 3.63) is 65.9 Å². The Morgan fingerprint density at radius 3 is 2.43 bits per heavy atom. The van der Waals surface area contributed by atoms with Crippen LogP contribution in [-0.4, -0.2) is 23.2 Å². The topological polar surface area (TPSA) is 78.8 Å². The van der Waals surface area contributed by atoms with Crippen LogP contribution in [0.15, 0.2) is 54.7 Å².